The van der Waals surface area contributed by atoms with Crippen LogP contribution >= 0.6 is 0 Å². The quantitative estimate of drug-likeness (QED) is 0.323. The molecule has 1 saturated heterocycles. The molecule has 0 unspecified atom stereocenters. The average Bonchev–Trinajstić information content (AvgIpc) is 2.73. The molecule has 1 aliphatic rings. The molecule has 190 valence electrons. The number of nitrogens with zero attached hydrogens (tertiary/aromatic N) is 2. The van der Waals surface area contributed by atoms with Gasteiger partial charge >= 0.3 is 30.2 Å². The lowest BCUT2D eigenvalue weighted by Gasteiger charge is -2.35. The van der Waals surface area contributed by atoms with Crippen molar-refractivity contribution >= 4 is 23.5 Å². The highest BCUT2D eigenvalue weighted by Crippen LogP contribution is 2.35. The van der Waals surface area contributed by atoms with E-state index in [0.29, 0.717) is 6.54 Å². The summed E-state index contributed by atoms with van der Waals surface area (Å²) in [5, 5.41) is 0. The van der Waals surface area contributed by atoms with Gasteiger partial charge < -0.3 is 24.0 Å². The molecule has 1 heterocycles. The Balaban J connectivity index is 2.55. The van der Waals surface area contributed by atoms with Crippen LogP contribution in [0.4, 0.5) is 32.0 Å². The Labute approximate surface area is 190 Å². The summed E-state index contributed by atoms with van der Waals surface area (Å²) in [5.41, 5.74) is -1.54. The highest BCUT2D eigenvalue weighted by molar-refractivity contribution is 6.07. The summed E-state index contributed by atoms with van der Waals surface area (Å²) in [7, 11) is 3.47. The minimum absolute atomic E-state index is 0.0116. The number of hydrogen-bond donors (Lipinski definition) is 0. The average molecular weight is 500 g/mol. The number of hydrogen-bond acceptors (Lipinski definition) is 7. The molecule has 0 aromatic heterocycles. The fourth-order valence-corrected chi connectivity index (χ4v) is 3.07. The van der Waals surface area contributed by atoms with Crippen LogP contribution in [0.15, 0.2) is 18.2 Å². The summed E-state index contributed by atoms with van der Waals surface area (Å²) < 4.78 is 92.4. The van der Waals surface area contributed by atoms with E-state index in [0.717, 1.165) is 18.2 Å². The minimum Gasteiger partial charge on any atom is -0.492 e. The van der Waals surface area contributed by atoms with E-state index in [1.165, 1.54) is 0 Å². The normalized spacial score (nSPS) is 15.2. The predicted molar refractivity (Wildman–Crippen MR) is 104 cm³/mol. The largest absolute Gasteiger partial charge is 0.492 e. The summed E-state index contributed by atoms with van der Waals surface area (Å²) in [5.74, 6) is -7.12. The molecule has 0 atom stereocenters. The number of alkyl halides is 6. The number of esters is 2. The van der Waals surface area contributed by atoms with E-state index < -0.39 is 47.5 Å². The molecule has 1 aromatic carbocycles. The first-order valence-electron chi connectivity index (χ1n) is 9.95. The molecule has 0 N–H and O–H groups in total. The lowest BCUT2D eigenvalue weighted by atomic mass is 10.0. The van der Waals surface area contributed by atoms with Gasteiger partial charge in [-0.15, -0.1) is 0 Å². The molecule has 0 bridgehead atoms. The van der Waals surface area contributed by atoms with Crippen molar-refractivity contribution < 1.29 is 54.9 Å². The number of likely N-dealkylation sites (N-methyl/N-ethyl adjacent to an activating group) is 1. The Kier molecular flexibility index (Phi) is 8.89. The minimum atomic E-state index is -5.52. The molecule has 34 heavy (non-hydrogen) atoms. The van der Waals surface area contributed by atoms with E-state index in [-0.39, 0.29) is 43.3 Å². The first-order valence-corrected chi connectivity index (χ1v) is 9.95. The second-order valence-electron chi connectivity index (χ2n) is 7.52. The zero-order chi connectivity index (χ0) is 25.7. The first-order chi connectivity index (χ1) is 15.7. The molecule has 1 amide bonds. The molecule has 0 saturated carbocycles. The first kappa shape index (κ1) is 27.4. The second kappa shape index (κ2) is 11.0. The molecule has 0 radical (unpaired) electrons. The maximum absolute atomic E-state index is 13.5. The fraction of sp³-hybridized carbons (Fsp3) is 0.550. The van der Waals surface area contributed by atoms with Crippen LogP contribution in [0, 0.1) is 0 Å². The van der Waals surface area contributed by atoms with Crippen molar-refractivity contribution in [1.82, 2.24) is 4.90 Å². The fourth-order valence-electron chi connectivity index (χ4n) is 3.07. The predicted octanol–water partition coefficient (Wildman–Crippen LogP) is 2.95. The van der Waals surface area contributed by atoms with Crippen LogP contribution in [0.5, 0.6) is 5.75 Å². The number of anilines is 1. The Hall–Kier alpha value is -2.87. The summed E-state index contributed by atoms with van der Waals surface area (Å²) >= 11 is 0. The SMILES string of the molecule is CN(C)CCOc1ccc(C(=O)OC(=O)C(F)(F)F)c(N(C(=O)C(F)(F)F)C2CCOCC2)c1. The van der Waals surface area contributed by atoms with Gasteiger partial charge in [-0.1, -0.05) is 0 Å². The van der Waals surface area contributed by atoms with E-state index in [2.05, 4.69) is 4.74 Å². The lowest BCUT2D eigenvalue weighted by molar-refractivity contribution is -0.193. The highest BCUT2D eigenvalue weighted by atomic mass is 19.4. The summed E-state index contributed by atoms with van der Waals surface area (Å²) in [6.07, 6.45) is -11.0. The van der Waals surface area contributed by atoms with Gasteiger partial charge in [0, 0.05) is 31.9 Å². The van der Waals surface area contributed by atoms with E-state index in [1.54, 1.807) is 19.0 Å². The number of rotatable bonds is 7. The molecular weight excluding hydrogens is 478 g/mol. The third kappa shape index (κ3) is 7.32. The summed E-state index contributed by atoms with van der Waals surface area (Å²) in [6, 6.07) is 1.77. The Bertz CT molecular complexity index is 897. The number of benzene rings is 1. The van der Waals surface area contributed by atoms with E-state index in [4.69, 9.17) is 9.47 Å². The maximum Gasteiger partial charge on any atom is 0.491 e. The lowest BCUT2D eigenvalue weighted by Crippen LogP contribution is -2.50. The maximum atomic E-state index is 13.5. The standard InChI is InChI=1S/C20H22F6N2O6/c1-27(2)7-10-33-13-3-4-14(16(29)34-18(31)20(24,25)26)15(11-13)28(17(30)19(21,22)23)12-5-8-32-9-6-12/h3-4,11-12H,5-10H2,1-2H3. The number of carbonyl (C=O) groups excluding carboxylic acids is 3. The summed E-state index contributed by atoms with van der Waals surface area (Å²) in [6.45, 7) is 0.507. The second-order valence-corrected chi connectivity index (χ2v) is 7.52. The van der Waals surface area contributed by atoms with Crippen molar-refractivity contribution in [3.8, 4) is 5.75 Å². The van der Waals surface area contributed by atoms with Crippen molar-refractivity contribution in [2.24, 2.45) is 0 Å². The van der Waals surface area contributed by atoms with Crippen LogP contribution in [0.1, 0.15) is 23.2 Å². The van der Waals surface area contributed by atoms with E-state index >= 15 is 0 Å². The molecule has 14 heteroatoms. The zero-order valence-electron chi connectivity index (χ0n) is 18.2. The smallest absolute Gasteiger partial charge is 0.491 e. The van der Waals surface area contributed by atoms with Crippen molar-refractivity contribution in [2.45, 2.75) is 31.2 Å². The van der Waals surface area contributed by atoms with Gasteiger partial charge in [-0.05, 0) is 39.1 Å². The van der Waals surface area contributed by atoms with Crippen molar-refractivity contribution in [1.29, 1.82) is 0 Å². The number of halogens is 6. The van der Waals surface area contributed by atoms with Crippen molar-refractivity contribution in [3.63, 3.8) is 0 Å². The van der Waals surface area contributed by atoms with Gasteiger partial charge in [-0.2, -0.15) is 26.3 Å². The van der Waals surface area contributed by atoms with E-state index in [9.17, 15) is 40.7 Å². The van der Waals surface area contributed by atoms with Crippen LogP contribution in [-0.4, -0.2) is 81.6 Å². The Morgan fingerprint density at radius 2 is 1.65 bits per heavy atom. The molecule has 1 aliphatic heterocycles. The Morgan fingerprint density at radius 1 is 1.03 bits per heavy atom. The van der Waals surface area contributed by atoms with Gasteiger partial charge in [0.1, 0.15) is 12.4 Å². The van der Waals surface area contributed by atoms with Gasteiger partial charge in [-0.3, -0.25) is 4.79 Å². The van der Waals surface area contributed by atoms with Gasteiger partial charge in [0.05, 0.1) is 11.3 Å². The van der Waals surface area contributed by atoms with Gasteiger partial charge in [0.2, 0.25) is 0 Å². The van der Waals surface area contributed by atoms with Gasteiger partial charge in [0.15, 0.2) is 0 Å². The highest BCUT2D eigenvalue weighted by Gasteiger charge is 2.47. The van der Waals surface area contributed by atoms with Crippen LogP contribution in [0.25, 0.3) is 0 Å². The molecule has 1 aromatic rings. The molecule has 0 aliphatic carbocycles. The molecular formula is C20H22F6N2O6. The topological polar surface area (TPSA) is 85.4 Å². The van der Waals surface area contributed by atoms with Crippen LogP contribution in [0.3, 0.4) is 0 Å². The van der Waals surface area contributed by atoms with Crippen molar-refractivity contribution in [2.75, 3.05) is 45.4 Å². The molecule has 8 nitrogen and oxygen atoms in total. The van der Waals surface area contributed by atoms with Crippen molar-refractivity contribution in [3.05, 3.63) is 23.8 Å². The molecule has 0 spiro atoms. The van der Waals surface area contributed by atoms with Crippen LogP contribution in [-0.2, 0) is 19.1 Å². The van der Waals surface area contributed by atoms with Gasteiger partial charge in [-0.25, -0.2) is 9.59 Å². The molecule has 1 fully saturated rings. The Morgan fingerprint density at radius 3 is 2.18 bits per heavy atom. The van der Waals surface area contributed by atoms with Crippen LogP contribution < -0.4 is 9.64 Å². The number of ether oxygens (including phenoxy) is 3. The zero-order valence-corrected chi connectivity index (χ0v) is 18.2. The third-order valence-corrected chi connectivity index (χ3v) is 4.69. The molecule has 2 rings (SSSR count). The van der Waals surface area contributed by atoms with Crippen LogP contribution in [0.2, 0.25) is 0 Å². The number of amides is 1. The monoisotopic (exact) mass is 500 g/mol. The number of carbonyl (C=O) groups is 3. The third-order valence-electron chi connectivity index (χ3n) is 4.69. The van der Waals surface area contributed by atoms with E-state index in [1.807, 2.05) is 0 Å². The summed E-state index contributed by atoms with van der Waals surface area (Å²) in [4.78, 5) is 37.9. The van der Waals surface area contributed by atoms with Gasteiger partial charge in [0.25, 0.3) is 0 Å².